The molecule has 184 valence electrons. The fourth-order valence-electron chi connectivity index (χ4n) is 3.49. The first-order valence-electron chi connectivity index (χ1n) is 11.3. The highest BCUT2D eigenvalue weighted by Crippen LogP contribution is 2.28. The molecule has 0 bridgehead atoms. The van der Waals surface area contributed by atoms with Gasteiger partial charge >= 0.3 is 5.69 Å². The average Bonchev–Trinajstić information content (AvgIpc) is 3.35. The molecule has 3 rings (SSSR count). The molecule has 0 unspecified atom stereocenters. The van der Waals surface area contributed by atoms with Gasteiger partial charge in [-0.05, 0) is 59.8 Å². The second kappa shape index (κ2) is 12.3. The average molecular weight is 474 g/mol. The molecule has 1 aromatic heterocycles. The first-order valence-corrected chi connectivity index (χ1v) is 11.3. The summed E-state index contributed by atoms with van der Waals surface area (Å²) in [4.78, 5) is 10.5. The van der Waals surface area contributed by atoms with E-state index in [4.69, 9.17) is 10.5 Å². The number of nitrogens with two attached hydrogens (primary N) is 1. The summed E-state index contributed by atoms with van der Waals surface area (Å²) < 4.78 is 10.5. The molecule has 11 nitrogen and oxygen atoms in total. The van der Waals surface area contributed by atoms with Crippen LogP contribution in [-0.4, -0.2) is 57.4 Å². The second-order valence-electron chi connectivity index (χ2n) is 8.36. The van der Waals surface area contributed by atoms with Crippen molar-refractivity contribution in [1.82, 2.24) is 10.3 Å². The number of ether oxygens (including phenoxy) is 1. The number of anilines is 1. The second-order valence-corrected chi connectivity index (χ2v) is 8.36. The minimum atomic E-state index is -0.952. The molecule has 0 aliphatic rings. The van der Waals surface area contributed by atoms with Gasteiger partial charge in [-0.1, -0.05) is 25.0 Å². The highest BCUT2D eigenvalue weighted by Gasteiger charge is 2.22. The maximum atomic E-state index is 11.0. The number of nitrogens with one attached hydrogen (secondary N) is 1. The lowest BCUT2D eigenvalue weighted by atomic mass is 9.94. The van der Waals surface area contributed by atoms with Crippen LogP contribution in [0.1, 0.15) is 37.7 Å². The van der Waals surface area contributed by atoms with Gasteiger partial charge in [0.2, 0.25) is 5.52 Å². The van der Waals surface area contributed by atoms with Gasteiger partial charge in [0.25, 0.3) is 0 Å². The topological polar surface area (TPSA) is 170 Å². The number of aryl methyl sites for hydroxylation is 1. The third-order valence-electron chi connectivity index (χ3n) is 5.71. The number of aromatic nitrogens is 2. The molecule has 1 heterocycles. The zero-order valence-corrected chi connectivity index (χ0v) is 19.0. The van der Waals surface area contributed by atoms with Crippen molar-refractivity contribution in [1.29, 1.82) is 0 Å². The minimum Gasteiger partial charge on any atom is -0.494 e. The number of nitro groups is 1. The van der Waals surface area contributed by atoms with Gasteiger partial charge in [0, 0.05) is 12.6 Å². The van der Waals surface area contributed by atoms with Crippen LogP contribution in [-0.2, 0) is 6.42 Å². The summed E-state index contributed by atoms with van der Waals surface area (Å²) in [6.45, 7) is 0.835. The molecule has 0 saturated heterocycles. The highest BCUT2D eigenvalue weighted by atomic mass is 16.6. The molecule has 0 aliphatic carbocycles. The molecular formula is C23H31N5O6. The van der Waals surface area contributed by atoms with Crippen molar-refractivity contribution >= 4 is 22.4 Å². The van der Waals surface area contributed by atoms with Crippen molar-refractivity contribution in [3.63, 3.8) is 0 Å². The van der Waals surface area contributed by atoms with E-state index in [1.54, 1.807) is 6.07 Å². The van der Waals surface area contributed by atoms with Gasteiger partial charge < -0.3 is 26.0 Å². The van der Waals surface area contributed by atoms with E-state index in [-0.39, 0.29) is 24.4 Å². The summed E-state index contributed by atoms with van der Waals surface area (Å²) >= 11 is 0. The zero-order chi connectivity index (χ0) is 24.4. The summed E-state index contributed by atoms with van der Waals surface area (Å²) in [5.74, 6) is 0.803. The number of rotatable bonds is 15. The molecule has 0 fully saturated rings. The van der Waals surface area contributed by atoms with Crippen molar-refractivity contribution in [3.8, 4) is 5.75 Å². The van der Waals surface area contributed by atoms with Crippen LogP contribution in [0.5, 0.6) is 5.75 Å². The third kappa shape index (κ3) is 6.86. The summed E-state index contributed by atoms with van der Waals surface area (Å²) in [7, 11) is 0. The summed E-state index contributed by atoms with van der Waals surface area (Å²) in [6, 6.07) is 10.8. The maximum Gasteiger partial charge on any atom is 0.300 e. The molecule has 0 amide bonds. The van der Waals surface area contributed by atoms with E-state index in [0.29, 0.717) is 37.2 Å². The van der Waals surface area contributed by atoms with Crippen molar-refractivity contribution in [2.24, 2.45) is 5.73 Å². The van der Waals surface area contributed by atoms with E-state index in [9.17, 15) is 20.3 Å². The Morgan fingerprint density at radius 1 is 1.03 bits per heavy atom. The van der Waals surface area contributed by atoms with E-state index in [0.717, 1.165) is 37.0 Å². The standard InChI is InChI=1S/C23H31N5O6/c24-23(15-29,16-30)12-11-17-5-7-18(8-6-17)33-14-4-2-1-3-13-25-19-9-10-20(28(31)32)22-21(19)26-34-27-22/h5-10,25,29-30H,1-4,11-16,24H2. The molecule has 34 heavy (non-hydrogen) atoms. The highest BCUT2D eigenvalue weighted by molar-refractivity contribution is 5.93. The Hall–Kier alpha value is -3.28. The SMILES string of the molecule is NC(CO)(CO)CCc1ccc(OCCCCCCNc2ccc([N+](=O)[O-])c3nonc23)cc1. The Balaban J connectivity index is 1.30. The number of benzene rings is 2. The maximum absolute atomic E-state index is 11.0. The van der Waals surface area contributed by atoms with Crippen LogP contribution in [0, 0.1) is 10.1 Å². The molecule has 0 atom stereocenters. The van der Waals surface area contributed by atoms with Crippen LogP contribution in [0.3, 0.4) is 0 Å². The molecule has 0 spiro atoms. The number of aliphatic hydroxyl groups excluding tert-OH is 2. The number of nitro benzene ring substituents is 1. The lowest BCUT2D eigenvalue weighted by molar-refractivity contribution is -0.383. The van der Waals surface area contributed by atoms with Crippen LogP contribution in [0.25, 0.3) is 11.0 Å². The molecule has 0 radical (unpaired) electrons. The van der Waals surface area contributed by atoms with E-state index in [2.05, 4.69) is 20.3 Å². The molecule has 3 aromatic rings. The Morgan fingerprint density at radius 3 is 2.44 bits per heavy atom. The van der Waals surface area contributed by atoms with Crippen LogP contribution in [0.2, 0.25) is 0 Å². The summed E-state index contributed by atoms with van der Waals surface area (Å²) in [5, 5.41) is 40.2. The lowest BCUT2D eigenvalue weighted by Gasteiger charge is -2.24. The zero-order valence-electron chi connectivity index (χ0n) is 19.0. The summed E-state index contributed by atoms with van der Waals surface area (Å²) in [6.07, 6.45) is 5.06. The first-order chi connectivity index (χ1) is 16.5. The number of non-ortho nitro benzene ring substituents is 1. The Morgan fingerprint density at radius 2 is 1.74 bits per heavy atom. The van der Waals surface area contributed by atoms with Crippen LogP contribution in [0.15, 0.2) is 41.0 Å². The minimum absolute atomic E-state index is 0.127. The molecule has 2 aromatic carbocycles. The number of unbranched alkanes of at least 4 members (excludes halogenated alkanes) is 3. The molecule has 11 heteroatoms. The number of aliphatic hydroxyl groups is 2. The fraction of sp³-hybridized carbons (Fsp3) is 0.478. The van der Waals surface area contributed by atoms with Gasteiger partial charge in [-0.25, -0.2) is 4.63 Å². The van der Waals surface area contributed by atoms with Crippen molar-refractivity contribution in [2.75, 3.05) is 31.7 Å². The first kappa shape index (κ1) is 25.3. The normalized spacial score (nSPS) is 11.6. The molecule has 5 N–H and O–H groups in total. The number of hydrogen-bond acceptors (Lipinski definition) is 10. The van der Waals surface area contributed by atoms with E-state index >= 15 is 0 Å². The van der Waals surface area contributed by atoms with Gasteiger partial charge in [-0.15, -0.1) is 0 Å². The Kier molecular flexibility index (Phi) is 9.14. The Bertz CT molecular complexity index is 1050. The smallest absolute Gasteiger partial charge is 0.300 e. The van der Waals surface area contributed by atoms with Crippen LogP contribution >= 0.6 is 0 Å². The Labute approximate surface area is 197 Å². The predicted molar refractivity (Wildman–Crippen MR) is 127 cm³/mol. The van der Waals surface area contributed by atoms with Gasteiger partial charge in [0.1, 0.15) is 5.75 Å². The fourth-order valence-corrected chi connectivity index (χ4v) is 3.49. The van der Waals surface area contributed by atoms with Crippen molar-refractivity contribution in [3.05, 3.63) is 52.1 Å². The van der Waals surface area contributed by atoms with E-state index in [1.165, 1.54) is 6.07 Å². The molecule has 0 saturated carbocycles. The van der Waals surface area contributed by atoms with Gasteiger partial charge in [0.05, 0.1) is 36.0 Å². The number of nitrogens with zero attached hydrogens (tertiary/aromatic N) is 3. The van der Waals surface area contributed by atoms with E-state index < -0.39 is 10.5 Å². The van der Waals surface area contributed by atoms with Gasteiger partial charge in [-0.3, -0.25) is 10.1 Å². The molecular weight excluding hydrogens is 442 g/mol. The van der Waals surface area contributed by atoms with Crippen LogP contribution in [0.4, 0.5) is 11.4 Å². The quantitative estimate of drug-likeness (QED) is 0.146. The van der Waals surface area contributed by atoms with Crippen molar-refractivity contribution in [2.45, 2.75) is 44.1 Å². The summed E-state index contributed by atoms with van der Waals surface area (Å²) in [5.41, 5.74) is 7.06. The monoisotopic (exact) mass is 473 g/mol. The van der Waals surface area contributed by atoms with Gasteiger partial charge in [0.15, 0.2) is 5.52 Å². The van der Waals surface area contributed by atoms with Gasteiger partial charge in [-0.2, -0.15) is 0 Å². The largest absolute Gasteiger partial charge is 0.494 e. The third-order valence-corrected chi connectivity index (χ3v) is 5.71. The predicted octanol–water partition coefficient (Wildman–Crippen LogP) is 2.80. The van der Waals surface area contributed by atoms with E-state index in [1.807, 2.05) is 24.3 Å². The molecule has 0 aliphatic heterocycles. The number of fused-ring (bicyclic) bond motifs is 1. The number of hydrogen-bond donors (Lipinski definition) is 4. The lowest BCUT2D eigenvalue weighted by Crippen LogP contribution is -2.47. The van der Waals surface area contributed by atoms with Crippen molar-refractivity contribution < 1.29 is 24.5 Å². The van der Waals surface area contributed by atoms with Crippen LogP contribution < -0.4 is 15.8 Å².